The van der Waals surface area contributed by atoms with E-state index < -0.39 is 5.54 Å². The Balaban J connectivity index is 4.14. The van der Waals surface area contributed by atoms with Crippen LogP contribution in [0.15, 0.2) is 0 Å². The van der Waals surface area contributed by atoms with Gasteiger partial charge in [-0.25, -0.2) is 0 Å². The molecule has 90 valence electrons. The van der Waals surface area contributed by atoms with Gasteiger partial charge in [0, 0.05) is 13.7 Å². The first-order chi connectivity index (χ1) is 6.75. The molecule has 0 rings (SSSR count). The van der Waals surface area contributed by atoms with E-state index in [4.69, 9.17) is 4.74 Å². The number of rotatable bonds is 6. The Labute approximate surface area is 92.8 Å². The minimum Gasteiger partial charge on any atom is -0.377 e. The molecule has 0 aromatic rings. The summed E-state index contributed by atoms with van der Waals surface area (Å²) in [6.45, 7) is 10.9. The molecule has 15 heavy (non-hydrogen) atoms. The van der Waals surface area contributed by atoms with E-state index in [1.54, 1.807) is 7.11 Å². The Bertz CT molecular complexity index is 213. The van der Waals surface area contributed by atoms with Gasteiger partial charge in [-0.1, -0.05) is 6.92 Å². The lowest BCUT2D eigenvalue weighted by atomic mass is 10.0. The van der Waals surface area contributed by atoms with Crippen molar-refractivity contribution in [1.82, 2.24) is 10.6 Å². The predicted molar refractivity (Wildman–Crippen MR) is 61.9 cm³/mol. The van der Waals surface area contributed by atoms with Crippen molar-refractivity contribution in [2.45, 2.75) is 45.8 Å². The highest BCUT2D eigenvalue weighted by molar-refractivity contribution is 5.85. The Morgan fingerprint density at radius 2 is 1.80 bits per heavy atom. The van der Waals surface area contributed by atoms with Gasteiger partial charge < -0.3 is 15.4 Å². The Hall–Kier alpha value is -0.610. The fourth-order valence-electron chi connectivity index (χ4n) is 1.11. The normalized spacial score (nSPS) is 12.7. The molecule has 4 heteroatoms. The minimum atomic E-state index is -0.529. The lowest BCUT2D eigenvalue weighted by Gasteiger charge is -2.28. The van der Waals surface area contributed by atoms with E-state index in [1.165, 1.54) is 0 Å². The average Bonchev–Trinajstić information content (AvgIpc) is 2.14. The first kappa shape index (κ1) is 14.4. The van der Waals surface area contributed by atoms with Gasteiger partial charge in [0.25, 0.3) is 0 Å². The highest BCUT2D eigenvalue weighted by Crippen LogP contribution is 2.07. The van der Waals surface area contributed by atoms with Crippen LogP contribution in [0, 0.1) is 0 Å². The van der Waals surface area contributed by atoms with Crippen molar-refractivity contribution in [2.24, 2.45) is 0 Å². The molecule has 0 fully saturated rings. The van der Waals surface area contributed by atoms with E-state index in [9.17, 15) is 4.79 Å². The van der Waals surface area contributed by atoms with Crippen molar-refractivity contribution in [3.05, 3.63) is 0 Å². The van der Waals surface area contributed by atoms with E-state index in [1.807, 2.05) is 34.6 Å². The number of carbonyl (C=O) groups excluding carboxylic acids is 1. The van der Waals surface area contributed by atoms with Crippen LogP contribution < -0.4 is 10.6 Å². The molecule has 0 aromatic carbocycles. The van der Waals surface area contributed by atoms with Gasteiger partial charge in [0.05, 0.1) is 11.1 Å². The van der Waals surface area contributed by atoms with Gasteiger partial charge in [-0.2, -0.15) is 0 Å². The SMILES string of the molecule is CCNC(C)(C)C(=O)NCC(C)(C)OC. The largest absolute Gasteiger partial charge is 0.377 e. The summed E-state index contributed by atoms with van der Waals surface area (Å²) in [7, 11) is 1.64. The molecule has 2 N–H and O–H groups in total. The first-order valence-electron chi connectivity index (χ1n) is 5.33. The molecule has 0 saturated heterocycles. The predicted octanol–water partition coefficient (Wildman–Crippen LogP) is 0.916. The number of hydrogen-bond acceptors (Lipinski definition) is 3. The lowest BCUT2D eigenvalue weighted by molar-refractivity contribution is -0.127. The zero-order chi connectivity index (χ0) is 12.1. The van der Waals surface area contributed by atoms with Gasteiger partial charge in [0.1, 0.15) is 0 Å². The van der Waals surface area contributed by atoms with Crippen molar-refractivity contribution in [3.63, 3.8) is 0 Å². The van der Waals surface area contributed by atoms with Gasteiger partial charge in [0.2, 0.25) is 5.91 Å². The second kappa shape index (κ2) is 5.47. The zero-order valence-electron chi connectivity index (χ0n) is 10.7. The van der Waals surface area contributed by atoms with E-state index in [2.05, 4.69) is 10.6 Å². The van der Waals surface area contributed by atoms with Gasteiger partial charge >= 0.3 is 0 Å². The van der Waals surface area contributed by atoms with Gasteiger partial charge in [-0.3, -0.25) is 4.79 Å². The maximum Gasteiger partial charge on any atom is 0.239 e. The topological polar surface area (TPSA) is 50.4 Å². The molecule has 4 nitrogen and oxygen atoms in total. The van der Waals surface area contributed by atoms with Crippen LogP contribution >= 0.6 is 0 Å². The number of methoxy groups -OCH3 is 1. The van der Waals surface area contributed by atoms with Crippen LogP contribution in [0.4, 0.5) is 0 Å². The molecule has 0 aliphatic rings. The molecule has 1 amide bonds. The summed E-state index contributed by atoms with van der Waals surface area (Å²) >= 11 is 0. The third-order valence-corrected chi connectivity index (χ3v) is 2.41. The van der Waals surface area contributed by atoms with Crippen molar-refractivity contribution in [3.8, 4) is 0 Å². The number of likely N-dealkylation sites (N-methyl/N-ethyl adjacent to an activating group) is 1. The second-order valence-electron chi connectivity index (χ2n) is 4.80. The number of carbonyl (C=O) groups is 1. The van der Waals surface area contributed by atoms with Gasteiger partial charge in [-0.05, 0) is 34.2 Å². The maximum atomic E-state index is 11.8. The molecule has 0 saturated carbocycles. The molecule has 0 atom stereocenters. The summed E-state index contributed by atoms with van der Waals surface area (Å²) in [5, 5.41) is 6.00. The zero-order valence-corrected chi connectivity index (χ0v) is 10.7. The summed E-state index contributed by atoms with van der Waals surface area (Å²) in [4.78, 5) is 11.8. The van der Waals surface area contributed by atoms with Gasteiger partial charge in [0.15, 0.2) is 0 Å². The number of ether oxygens (including phenoxy) is 1. The van der Waals surface area contributed by atoms with Crippen LogP contribution in [0.2, 0.25) is 0 Å². The van der Waals surface area contributed by atoms with E-state index in [0.29, 0.717) is 6.54 Å². The van der Waals surface area contributed by atoms with E-state index in [-0.39, 0.29) is 11.5 Å². The molecule has 0 aliphatic heterocycles. The van der Waals surface area contributed by atoms with Gasteiger partial charge in [-0.15, -0.1) is 0 Å². The fourth-order valence-corrected chi connectivity index (χ4v) is 1.11. The van der Waals surface area contributed by atoms with Crippen molar-refractivity contribution < 1.29 is 9.53 Å². The lowest BCUT2D eigenvalue weighted by Crippen LogP contribution is -2.54. The molecule has 0 aromatic heterocycles. The number of nitrogens with one attached hydrogen (secondary N) is 2. The highest BCUT2D eigenvalue weighted by Gasteiger charge is 2.27. The average molecular weight is 216 g/mol. The van der Waals surface area contributed by atoms with E-state index in [0.717, 1.165) is 6.54 Å². The quantitative estimate of drug-likeness (QED) is 0.694. The molecular weight excluding hydrogens is 192 g/mol. The fraction of sp³-hybridized carbons (Fsp3) is 0.909. The van der Waals surface area contributed by atoms with Crippen LogP contribution in [0.3, 0.4) is 0 Å². The molecule has 0 radical (unpaired) electrons. The Morgan fingerprint density at radius 3 is 2.20 bits per heavy atom. The minimum absolute atomic E-state index is 0.00512. The monoisotopic (exact) mass is 216 g/mol. The molecular formula is C11H24N2O2. The van der Waals surface area contributed by atoms with Crippen LogP contribution in [0.1, 0.15) is 34.6 Å². The molecule has 0 heterocycles. The Morgan fingerprint density at radius 1 is 1.27 bits per heavy atom. The molecule has 0 aliphatic carbocycles. The maximum absolute atomic E-state index is 11.8. The van der Waals surface area contributed by atoms with E-state index >= 15 is 0 Å². The van der Waals surface area contributed by atoms with Crippen LogP contribution in [0.25, 0.3) is 0 Å². The molecule has 0 unspecified atom stereocenters. The van der Waals surface area contributed by atoms with Crippen LogP contribution in [-0.2, 0) is 9.53 Å². The summed E-state index contributed by atoms with van der Waals surface area (Å²) in [5.74, 6) is -0.00512. The summed E-state index contributed by atoms with van der Waals surface area (Å²) in [6, 6.07) is 0. The summed E-state index contributed by atoms with van der Waals surface area (Å²) < 4.78 is 5.23. The summed E-state index contributed by atoms with van der Waals surface area (Å²) in [6.07, 6.45) is 0. The van der Waals surface area contributed by atoms with Crippen LogP contribution in [-0.4, -0.2) is 37.2 Å². The highest BCUT2D eigenvalue weighted by atomic mass is 16.5. The standard InChI is InChI=1S/C11H24N2O2/c1-7-13-11(4,5)9(14)12-8-10(2,3)15-6/h13H,7-8H2,1-6H3,(H,12,14). The van der Waals surface area contributed by atoms with Crippen LogP contribution in [0.5, 0.6) is 0 Å². The third kappa shape index (κ3) is 5.14. The molecule has 0 bridgehead atoms. The number of hydrogen-bond donors (Lipinski definition) is 2. The van der Waals surface area contributed by atoms with Crippen molar-refractivity contribution in [2.75, 3.05) is 20.2 Å². The smallest absolute Gasteiger partial charge is 0.239 e. The number of amides is 1. The van der Waals surface area contributed by atoms with Crippen molar-refractivity contribution >= 4 is 5.91 Å². The van der Waals surface area contributed by atoms with Crippen molar-refractivity contribution in [1.29, 1.82) is 0 Å². The second-order valence-corrected chi connectivity index (χ2v) is 4.80. The molecule has 0 spiro atoms. The Kier molecular flexibility index (Phi) is 5.24. The summed E-state index contributed by atoms with van der Waals surface area (Å²) in [5.41, 5.74) is -0.851. The third-order valence-electron chi connectivity index (χ3n) is 2.41. The first-order valence-corrected chi connectivity index (χ1v) is 5.33.